The third kappa shape index (κ3) is 2.64. The Bertz CT molecular complexity index is 331. The van der Waals surface area contributed by atoms with Crippen LogP contribution in [0.3, 0.4) is 0 Å². The van der Waals surface area contributed by atoms with Crippen LogP contribution in [0.2, 0.25) is 0 Å². The monoisotopic (exact) mass is 224 g/mol. The minimum atomic E-state index is -0.285. The standard InChI is InChI=1S/C12H17FN2O/c13-10-2-1-3-11(14)12(10)15-8-9-4-6-16-7-5-9/h1-3,9,15H,4-8,14H2. The predicted molar refractivity (Wildman–Crippen MR) is 62.8 cm³/mol. The predicted octanol–water partition coefficient (Wildman–Crippen LogP) is 2.25. The molecular weight excluding hydrogens is 207 g/mol. The molecule has 3 N–H and O–H groups in total. The molecule has 0 radical (unpaired) electrons. The molecule has 1 aromatic rings. The van der Waals surface area contributed by atoms with Crippen molar-refractivity contribution in [1.29, 1.82) is 0 Å². The van der Waals surface area contributed by atoms with Crippen LogP contribution in [0.5, 0.6) is 0 Å². The second kappa shape index (κ2) is 5.16. The summed E-state index contributed by atoms with van der Waals surface area (Å²) in [6.45, 7) is 2.37. The molecule has 0 aliphatic carbocycles. The van der Waals surface area contributed by atoms with Gasteiger partial charge in [0.15, 0.2) is 0 Å². The summed E-state index contributed by atoms with van der Waals surface area (Å²) in [5, 5.41) is 3.10. The lowest BCUT2D eigenvalue weighted by Gasteiger charge is -2.23. The van der Waals surface area contributed by atoms with Crippen LogP contribution in [-0.4, -0.2) is 19.8 Å². The number of hydrogen-bond donors (Lipinski definition) is 2. The fourth-order valence-corrected chi connectivity index (χ4v) is 1.92. The van der Waals surface area contributed by atoms with Gasteiger partial charge >= 0.3 is 0 Å². The van der Waals surface area contributed by atoms with Crippen molar-refractivity contribution < 1.29 is 9.13 Å². The van der Waals surface area contributed by atoms with Crippen LogP contribution in [0.4, 0.5) is 15.8 Å². The molecule has 3 nitrogen and oxygen atoms in total. The molecular formula is C12H17FN2O. The molecule has 0 amide bonds. The molecule has 1 heterocycles. The van der Waals surface area contributed by atoms with Gasteiger partial charge in [0.1, 0.15) is 5.82 Å². The summed E-state index contributed by atoms with van der Waals surface area (Å²) in [5.41, 5.74) is 6.60. The van der Waals surface area contributed by atoms with E-state index in [-0.39, 0.29) is 5.82 Å². The lowest BCUT2D eigenvalue weighted by Crippen LogP contribution is -2.23. The van der Waals surface area contributed by atoms with Gasteiger partial charge in [-0.15, -0.1) is 0 Å². The van der Waals surface area contributed by atoms with Gasteiger partial charge in [0, 0.05) is 19.8 Å². The Morgan fingerprint density at radius 1 is 1.38 bits per heavy atom. The number of nitrogens with one attached hydrogen (secondary N) is 1. The minimum Gasteiger partial charge on any atom is -0.397 e. The second-order valence-electron chi connectivity index (χ2n) is 4.14. The van der Waals surface area contributed by atoms with Gasteiger partial charge in [-0.2, -0.15) is 0 Å². The summed E-state index contributed by atoms with van der Waals surface area (Å²) < 4.78 is 18.7. The molecule has 0 bridgehead atoms. The van der Waals surface area contributed by atoms with Gasteiger partial charge in [0.25, 0.3) is 0 Å². The lowest BCUT2D eigenvalue weighted by atomic mass is 10.0. The summed E-state index contributed by atoms with van der Waals surface area (Å²) in [6.07, 6.45) is 2.06. The lowest BCUT2D eigenvalue weighted by molar-refractivity contribution is 0.0699. The normalized spacial score (nSPS) is 17.3. The van der Waals surface area contributed by atoms with Crippen LogP contribution >= 0.6 is 0 Å². The zero-order valence-corrected chi connectivity index (χ0v) is 9.21. The average molecular weight is 224 g/mol. The number of para-hydroxylation sites is 1. The summed E-state index contributed by atoms with van der Waals surface area (Å²) in [6, 6.07) is 4.74. The summed E-state index contributed by atoms with van der Waals surface area (Å²) in [7, 11) is 0. The number of benzene rings is 1. The third-order valence-electron chi connectivity index (χ3n) is 2.95. The van der Waals surface area contributed by atoms with Gasteiger partial charge in [0.2, 0.25) is 0 Å². The fourth-order valence-electron chi connectivity index (χ4n) is 1.92. The number of nitrogens with two attached hydrogens (primary N) is 1. The van der Waals surface area contributed by atoms with Gasteiger partial charge in [0.05, 0.1) is 11.4 Å². The first-order valence-corrected chi connectivity index (χ1v) is 5.63. The number of anilines is 2. The molecule has 1 aliphatic heterocycles. The largest absolute Gasteiger partial charge is 0.397 e. The Balaban J connectivity index is 1.93. The Labute approximate surface area is 94.8 Å². The van der Waals surface area contributed by atoms with Crippen molar-refractivity contribution in [1.82, 2.24) is 0 Å². The molecule has 1 aliphatic rings. The van der Waals surface area contributed by atoms with E-state index < -0.39 is 0 Å². The Kier molecular flexibility index (Phi) is 3.62. The number of halogens is 1. The summed E-state index contributed by atoms with van der Waals surface area (Å²) in [4.78, 5) is 0. The molecule has 16 heavy (non-hydrogen) atoms. The number of hydrogen-bond acceptors (Lipinski definition) is 3. The van der Waals surface area contributed by atoms with E-state index in [0.717, 1.165) is 32.6 Å². The average Bonchev–Trinajstić information content (AvgIpc) is 2.30. The highest BCUT2D eigenvalue weighted by Gasteiger charge is 2.14. The SMILES string of the molecule is Nc1cccc(F)c1NCC1CCOCC1. The minimum absolute atomic E-state index is 0.285. The molecule has 1 saturated heterocycles. The molecule has 1 aromatic carbocycles. The molecule has 4 heteroatoms. The van der Waals surface area contributed by atoms with Gasteiger partial charge in [-0.1, -0.05) is 6.07 Å². The fraction of sp³-hybridized carbons (Fsp3) is 0.500. The smallest absolute Gasteiger partial charge is 0.148 e. The molecule has 2 rings (SSSR count). The Hall–Kier alpha value is -1.29. The van der Waals surface area contributed by atoms with Crippen LogP contribution < -0.4 is 11.1 Å². The molecule has 88 valence electrons. The second-order valence-corrected chi connectivity index (χ2v) is 4.14. The quantitative estimate of drug-likeness (QED) is 0.774. The van der Waals surface area contributed by atoms with Crippen LogP contribution in [0.1, 0.15) is 12.8 Å². The Morgan fingerprint density at radius 2 is 2.12 bits per heavy atom. The maximum Gasteiger partial charge on any atom is 0.148 e. The van der Waals surface area contributed by atoms with E-state index in [1.807, 2.05) is 0 Å². The van der Waals surface area contributed by atoms with Crippen molar-refractivity contribution in [2.24, 2.45) is 5.92 Å². The highest BCUT2D eigenvalue weighted by molar-refractivity contribution is 5.66. The first-order chi connectivity index (χ1) is 7.77. The van der Waals surface area contributed by atoms with Crippen molar-refractivity contribution in [3.8, 4) is 0 Å². The van der Waals surface area contributed by atoms with Crippen LogP contribution in [0.25, 0.3) is 0 Å². The third-order valence-corrected chi connectivity index (χ3v) is 2.95. The molecule has 0 spiro atoms. The van der Waals surface area contributed by atoms with E-state index in [1.54, 1.807) is 12.1 Å². The van der Waals surface area contributed by atoms with Gasteiger partial charge in [-0.3, -0.25) is 0 Å². The maximum atomic E-state index is 13.4. The van der Waals surface area contributed by atoms with E-state index in [1.165, 1.54) is 6.07 Å². The van der Waals surface area contributed by atoms with Gasteiger partial charge in [-0.25, -0.2) is 4.39 Å². The summed E-state index contributed by atoms with van der Waals surface area (Å²) >= 11 is 0. The highest BCUT2D eigenvalue weighted by atomic mass is 19.1. The van der Waals surface area contributed by atoms with Crippen LogP contribution in [0.15, 0.2) is 18.2 Å². The van der Waals surface area contributed by atoms with Crippen molar-refractivity contribution in [2.75, 3.05) is 30.8 Å². The molecule has 1 fully saturated rings. The maximum absolute atomic E-state index is 13.4. The topological polar surface area (TPSA) is 47.3 Å². The van der Waals surface area contributed by atoms with E-state index in [9.17, 15) is 4.39 Å². The summed E-state index contributed by atoms with van der Waals surface area (Å²) in [5.74, 6) is 0.264. The molecule has 0 aromatic heterocycles. The number of ether oxygens (including phenoxy) is 1. The number of rotatable bonds is 3. The molecule has 0 unspecified atom stereocenters. The molecule has 0 saturated carbocycles. The van der Waals surface area contributed by atoms with E-state index in [4.69, 9.17) is 10.5 Å². The van der Waals surface area contributed by atoms with Crippen molar-refractivity contribution in [3.05, 3.63) is 24.0 Å². The van der Waals surface area contributed by atoms with Gasteiger partial charge < -0.3 is 15.8 Å². The van der Waals surface area contributed by atoms with E-state index in [2.05, 4.69) is 5.32 Å². The zero-order chi connectivity index (χ0) is 11.4. The number of nitrogen functional groups attached to an aromatic ring is 1. The highest BCUT2D eigenvalue weighted by Crippen LogP contribution is 2.23. The van der Waals surface area contributed by atoms with Crippen LogP contribution in [-0.2, 0) is 4.74 Å². The Morgan fingerprint density at radius 3 is 2.81 bits per heavy atom. The van der Waals surface area contributed by atoms with Gasteiger partial charge in [-0.05, 0) is 30.9 Å². The molecule has 0 atom stereocenters. The van der Waals surface area contributed by atoms with E-state index >= 15 is 0 Å². The first-order valence-electron chi connectivity index (χ1n) is 5.63. The first kappa shape index (κ1) is 11.2. The van der Waals surface area contributed by atoms with Crippen LogP contribution in [0, 0.1) is 11.7 Å². The van der Waals surface area contributed by atoms with Crippen molar-refractivity contribution in [2.45, 2.75) is 12.8 Å². The van der Waals surface area contributed by atoms with E-state index in [0.29, 0.717) is 17.3 Å². The van der Waals surface area contributed by atoms with Crippen molar-refractivity contribution in [3.63, 3.8) is 0 Å². The van der Waals surface area contributed by atoms with Crippen molar-refractivity contribution >= 4 is 11.4 Å². The zero-order valence-electron chi connectivity index (χ0n) is 9.21.